The lowest BCUT2D eigenvalue weighted by Crippen LogP contribution is -2.58. The van der Waals surface area contributed by atoms with Gasteiger partial charge in [-0.3, -0.25) is 19.2 Å². The minimum atomic E-state index is -4.62. The Morgan fingerprint density at radius 2 is 1.64 bits per heavy atom. The summed E-state index contributed by atoms with van der Waals surface area (Å²) in [5, 5.41) is 0.854. The number of amides is 2. The predicted octanol–water partition coefficient (Wildman–Crippen LogP) is 2.95. The Morgan fingerprint density at radius 3 is 2.10 bits per heavy atom. The lowest BCUT2D eigenvalue weighted by Gasteiger charge is -2.34. The van der Waals surface area contributed by atoms with Crippen molar-refractivity contribution >= 4 is 57.0 Å². The van der Waals surface area contributed by atoms with Crippen LogP contribution >= 0.6 is 23.2 Å². The molecule has 0 radical (unpaired) electrons. The molecule has 0 saturated carbocycles. The smallest absolute Gasteiger partial charge is 0.376 e. The molecule has 4 rings (SSSR count). The molecular formula is C25H22Cl2N2O9S. The lowest BCUT2D eigenvalue weighted by atomic mass is 10.0. The van der Waals surface area contributed by atoms with E-state index in [0.29, 0.717) is 21.6 Å². The third-order valence-electron chi connectivity index (χ3n) is 5.98. The molecule has 11 nitrogen and oxygen atoms in total. The fraction of sp³-hybridized carbons (Fsp3) is 0.280. The van der Waals surface area contributed by atoms with Crippen molar-refractivity contribution in [1.82, 2.24) is 9.37 Å². The highest BCUT2D eigenvalue weighted by molar-refractivity contribution is 7.92. The molecule has 0 N–H and O–H groups in total. The molecule has 0 aromatic heterocycles. The Bertz CT molecular complexity index is 1380. The zero-order valence-corrected chi connectivity index (χ0v) is 22.7. The molecule has 2 saturated heterocycles. The summed E-state index contributed by atoms with van der Waals surface area (Å²) in [6.45, 7) is 0.242. The molecule has 0 spiro atoms. The molecule has 39 heavy (non-hydrogen) atoms. The second-order valence-electron chi connectivity index (χ2n) is 8.58. The number of carbonyl (C=O) groups is 4. The van der Waals surface area contributed by atoms with Gasteiger partial charge in [-0.2, -0.15) is 5.06 Å². The number of hydroxylamine groups is 2. The molecule has 2 amide bonds. The average molecular weight is 597 g/mol. The number of carbonyl (C=O) groups excluding carboxylic acids is 4. The van der Waals surface area contributed by atoms with Gasteiger partial charge in [-0.15, -0.1) is 0 Å². The fourth-order valence-corrected chi connectivity index (χ4v) is 6.20. The third-order valence-corrected chi connectivity index (χ3v) is 8.05. The van der Waals surface area contributed by atoms with Crippen molar-refractivity contribution in [3.63, 3.8) is 0 Å². The number of sulfonamides is 1. The predicted molar refractivity (Wildman–Crippen MR) is 137 cm³/mol. The summed E-state index contributed by atoms with van der Waals surface area (Å²) in [7, 11) is -4.62. The van der Waals surface area contributed by atoms with E-state index < -0.39 is 62.7 Å². The standard InChI is InChI=1S/C25H22Cl2N2O9S/c1-16(30)28(39(34,35)15-20(26)27)19-14-36-29(23(19)32)25(13-12-21(31)38-25)24(33)37-22(17-8-4-2-5-9-17)18-10-6-3-7-11-18/h2-11,15,19,22H,12-14H2,1H3/t19-,25?/m0/s1. The van der Waals surface area contributed by atoms with Gasteiger partial charge in [0, 0.05) is 13.3 Å². The summed E-state index contributed by atoms with van der Waals surface area (Å²) in [6.07, 6.45) is -1.54. The fourth-order valence-electron chi connectivity index (χ4n) is 4.33. The van der Waals surface area contributed by atoms with Crippen LogP contribution in [0.3, 0.4) is 0 Å². The number of nitrogens with zero attached hydrogens (tertiary/aromatic N) is 2. The highest BCUT2D eigenvalue weighted by Gasteiger charge is 2.61. The van der Waals surface area contributed by atoms with Crippen LogP contribution in [0.4, 0.5) is 0 Å². The number of rotatable bonds is 8. The maximum atomic E-state index is 13.7. The monoisotopic (exact) mass is 596 g/mol. The summed E-state index contributed by atoms with van der Waals surface area (Å²) < 4.78 is 36.2. The van der Waals surface area contributed by atoms with Crippen LogP contribution in [0.25, 0.3) is 0 Å². The van der Waals surface area contributed by atoms with Crippen molar-refractivity contribution in [3.05, 3.63) is 81.7 Å². The minimum Gasteiger partial charge on any atom is -0.448 e. The SMILES string of the molecule is CC(=O)N([C@H]1CON(C2(C(=O)OC(c3ccccc3)c3ccccc3)CCC(=O)O2)C1=O)S(=O)(=O)C=C(Cl)Cl. The molecule has 0 aliphatic carbocycles. The molecule has 0 bridgehead atoms. The summed E-state index contributed by atoms with van der Waals surface area (Å²) >= 11 is 11.0. The van der Waals surface area contributed by atoms with E-state index >= 15 is 0 Å². The molecule has 2 aliphatic rings. The van der Waals surface area contributed by atoms with E-state index in [1.165, 1.54) is 0 Å². The van der Waals surface area contributed by atoms with Crippen molar-refractivity contribution in [2.45, 2.75) is 37.6 Å². The summed E-state index contributed by atoms with van der Waals surface area (Å²) in [4.78, 5) is 57.1. The Labute approximate surface area is 233 Å². The van der Waals surface area contributed by atoms with Crippen molar-refractivity contribution < 1.29 is 41.9 Å². The van der Waals surface area contributed by atoms with E-state index in [1.807, 2.05) is 0 Å². The quantitative estimate of drug-likeness (QED) is 0.421. The first kappa shape index (κ1) is 28.6. The van der Waals surface area contributed by atoms with Crippen LogP contribution in [0, 0.1) is 0 Å². The van der Waals surface area contributed by atoms with Crippen molar-refractivity contribution in [2.75, 3.05) is 6.61 Å². The molecule has 2 heterocycles. The Morgan fingerprint density at radius 1 is 1.08 bits per heavy atom. The highest BCUT2D eigenvalue weighted by Crippen LogP contribution is 2.38. The molecule has 2 aromatic rings. The van der Waals surface area contributed by atoms with Gasteiger partial charge < -0.3 is 9.47 Å². The number of hydrogen-bond donors (Lipinski definition) is 0. The van der Waals surface area contributed by atoms with Crippen molar-refractivity contribution in [2.24, 2.45) is 0 Å². The Kier molecular flexibility index (Phi) is 8.31. The summed E-state index contributed by atoms with van der Waals surface area (Å²) in [5.41, 5.74) is -1.17. The van der Waals surface area contributed by atoms with E-state index in [0.717, 1.165) is 6.92 Å². The molecule has 2 atom stereocenters. The van der Waals surface area contributed by atoms with Gasteiger partial charge in [-0.1, -0.05) is 83.9 Å². The Balaban J connectivity index is 1.69. The van der Waals surface area contributed by atoms with E-state index in [4.69, 9.17) is 37.5 Å². The summed E-state index contributed by atoms with van der Waals surface area (Å²) in [6, 6.07) is 15.8. The van der Waals surface area contributed by atoms with Gasteiger partial charge in [0.15, 0.2) is 12.1 Å². The van der Waals surface area contributed by atoms with Gasteiger partial charge in [-0.25, -0.2) is 17.5 Å². The van der Waals surface area contributed by atoms with Crippen LogP contribution < -0.4 is 0 Å². The first-order valence-corrected chi connectivity index (χ1v) is 13.8. The van der Waals surface area contributed by atoms with Crippen LogP contribution in [-0.2, 0) is 43.5 Å². The van der Waals surface area contributed by atoms with Crippen LogP contribution in [0.5, 0.6) is 0 Å². The largest absolute Gasteiger partial charge is 0.448 e. The molecule has 1 unspecified atom stereocenters. The lowest BCUT2D eigenvalue weighted by molar-refractivity contribution is -0.260. The average Bonchev–Trinajstić information content (AvgIpc) is 3.45. The number of cyclic esters (lactones) is 1. The number of esters is 2. The molecule has 206 valence electrons. The van der Waals surface area contributed by atoms with E-state index in [2.05, 4.69) is 0 Å². The van der Waals surface area contributed by atoms with Crippen LogP contribution in [-0.4, -0.2) is 59.9 Å². The second kappa shape index (κ2) is 11.3. The number of benzene rings is 2. The summed E-state index contributed by atoms with van der Waals surface area (Å²) in [5.74, 6) is -4.11. The minimum absolute atomic E-state index is 0.229. The maximum absolute atomic E-state index is 13.7. The van der Waals surface area contributed by atoms with E-state index in [-0.39, 0.29) is 17.1 Å². The van der Waals surface area contributed by atoms with Crippen LogP contribution in [0.15, 0.2) is 70.6 Å². The topological polar surface area (TPSA) is 137 Å². The van der Waals surface area contributed by atoms with Gasteiger partial charge in [0.25, 0.3) is 15.9 Å². The molecule has 14 heteroatoms. The first-order valence-electron chi connectivity index (χ1n) is 11.5. The normalized spacial score (nSPS) is 21.0. The number of halogens is 2. The third kappa shape index (κ3) is 5.78. The van der Waals surface area contributed by atoms with E-state index in [9.17, 15) is 27.6 Å². The van der Waals surface area contributed by atoms with Crippen LogP contribution in [0.2, 0.25) is 0 Å². The van der Waals surface area contributed by atoms with Crippen molar-refractivity contribution in [1.29, 1.82) is 0 Å². The Hall–Kier alpha value is -3.45. The van der Waals surface area contributed by atoms with Gasteiger partial charge in [-0.05, 0) is 11.1 Å². The zero-order valence-electron chi connectivity index (χ0n) is 20.4. The number of ether oxygens (including phenoxy) is 2. The van der Waals surface area contributed by atoms with Crippen LogP contribution in [0.1, 0.15) is 37.0 Å². The number of hydrogen-bond acceptors (Lipinski definition) is 9. The molecule has 2 fully saturated rings. The highest BCUT2D eigenvalue weighted by atomic mass is 35.5. The maximum Gasteiger partial charge on any atom is 0.376 e. The molecular weight excluding hydrogens is 575 g/mol. The van der Waals surface area contributed by atoms with Gasteiger partial charge in [0.05, 0.1) is 11.8 Å². The van der Waals surface area contributed by atoms with Gasteiger partial charge in [0.1, 0.15) is 11.1 Å². The van der Waals surface area contributed by atoms with Crippen molar-refractivity contribution in [3.8, 4) is 0 Å². The molecule has 2 aromatic carbocycles. The first-order chi connectivity index (χ1) is 18.5. The second-order valence-corrected chi connectivity index (χ2v) is 11.2. The van der Waals surface area contributed by atoms with Gasteiger partial charge >= 0.3 is 17.7 Å². The van der Waals surface area contributed by atoms with E-state index in [1.54, 1.807) is 60.7 Å². The van der Waals surface area contributed by atoms with Gasteiger partial charge in [0.2, 0.25) is 5.91 Å². The molecule has 2 aliphatic heterocycles. The zero-order chi connectivity index (χ0) is 28.4.